The SMILES string of the molecule is CCN1C/C(=C/c2c(C)nn(Cc3ccc(C)cc3)c2Cl)c2nc3ccccc3c(C(=O)O)c2C1. The molecule has 1 aliphatic rings. The Hall–Kier alpha value is -3.48. The molecule has 0 radical (unpaired) electrons. The van der Waals surface area contributed by atoms with Crippen LogP contribution in [-0.4, -0.2) is 43.8 Å². The Morgan fingerprint density at radius 2 is 1.86 bits per heavy atom. The quantitative estimate of drug-likeness (QED) is 0.384. The largest absolute Gasteiger partial charge is 0.478 e. The molecule has 35 heavy (non-hydrogen) atoms. The van der Waals surface area contributed by atoms with E-state index in [0.29, 0.717) is 41.3 Å². The van der Waals surface area contributed by atoms with Crippen molar-refractivity contribution in [1.29, 1.82) is 0 Å². The Kier molecular flexibility index (Phi) is 6.17. The molecule has 0 saturated carbocycles. The number of aryl methyl sites for hydroxylation is 2. The number of carboxylic acid groups (broad SMARTS) is 1. The highest BCUT2D eigenvalue weighted by atomic mass is 35.5. The molecule has 6 nitrogen and oxygen atoms in total. The molecule has 0 aliphatic carbocycles. The number of hydrogen-bond donors (Lipinski definition) is 1. The van der Waals surface area contributed by atoms with Crippen molar-refractivity contribution in [2.45, 2.75) is 33.9 Å². The zero-order chi connectivity index (χ0) is 24.7. The van der Waals surface area contributed by atoms with Gasteiger partial charge in [-0.3, -0.25) is 4.90 Å². The molecule has 0 amide bonds. The van der Waals surface area contributed by atoms with Crippen LogP contribution in [0, 0.1) is 13.8 Å². The van der Waals surface area contributed by atoms with Crippen molar-refractivity contribution < 1.29 is 9.90 Å². The first-order valence-electron chi connectivity index (χ1n) is 11.7. The second-order valence-corrected chi connectivity index (χ2v) is 9.40. The summed E-state index contributed by atoms with van der Waals surface area (Å²) in [5, 5.41) is 16.0. The predicted molar refractivity (Wildman–Crippen MR) is 140 cm³/mol. The number of hydrogen-bond acceptors (Lipinski definition) is 4. The lowest BCUT2D eigenvalue weighted by Gasteiger charge is -2.30. The Balaban J connectivity index is 1.64. The number of para-hydroxylation sites is 1. The van der Waals surface area contributed by atoms with E-state index >= 15 is 0 Å². The van der Waals surface area contributed by atoms with Crippen LogP contribution < -0.4 is 0 Å². The summed E-state index contributed by atoms with van der Waals surface area (Å²) in [4.78, 5) is 19.5. The number of benzene rings is 2. The van der Waals surface area contributed by atoms with Gasteiger partial charge in [-0.05, 0) is 43.7 Å². The van der Waals surface area contributed by atoms with E-state index < -0.39 is 5.97 Å². The molecule has 2 aromatic carbocycles. The van der Waals surface area contributed by atoms with Crippen LogP contribution in [0.4, 0.5) is 0 Å². The molecule has 3 heterocycles. The van der Waals surface area contributed by atoms with Crippen molar-refractivity contribution >= 4 is 40.1 Å². The van der Waals surface area contributed by atoms with Crippen LogP contribution >= 0.6 is 11.6 Å². The number of aromatic carboxylic acids is 1. The van der Waals surface area contributed by atoms with E-state index in [1.54, 1.807) is 0 Å². The average molecular weight is 487 g/mol. The number of halogens is 1. The molecule has 5 rings (SSSR count). The van der Waals surface area contributed by atoms with Gasteiger partial charge in [-0.1, -0.05) is 66.6 Å². The lowest BCUT2D eigenvalue weighted by molar-refractivity contribution is 0.0696. The maximum Gasteiger partial charge on any atom is 0.336 e. The second-order valence-electron chi connectivity index (χ2n) is 9.04. The monoisotopic (exact) mass is 486 g/mol. The third kappa shape index (κ3) is 4.35. The van der Waals surface area contributed by atoms with Crippen molar-refractivity contribution in [2.24, 2.45) is 0 Å². The summed E-state index contributed by atoms with van der Waals surface area (Å²) < 4.78 is 1.81. The second kappa shape index (κ2) is 9.29. The van der Waals surface area contributed by atoms with Gasteiger partial charge in [0.1, 0.15) is 5.15 Å². The first-order valence-corrected chi connectivity index (χ1v) is 12.1. The summed E-state index contributed by atoms with van der Waals surface area (Å²) in [7, 11) is 0. The van der Waals surface area contributed by atoms with Crippen molar-refractivity contribution in [3.05, 3.63) is 92.9 Å². The van der Waals surface area contributed by atoms with Gasteiger partial charge in [-0.15, -0.1) is 0 Å². The van der Waals surface area contributed by atoms with Gasteiger partial charge < -0.3 is 5.11 Å². The van der Waals surface area contributed by atoms with Crippen LogP contribution in [0.2, 0.25) is 5.15 Å². The highest BCUT2D eigenvalue weighted by Gasteiger charge is 2.28. The van der Waals surface area contributed by atoms with Gasteiger partial charge in [0.2, 0.25) is 0 Å². The molecule has 0 bridgehead atoms. The minimum absolute atomic E-state index is 0.326. The van der Waals surface area contributed by atoms with E-state index in [4.69, 9.17) is 21.7 Å². The van der Waals surface area contributed by atoms with Gasteiger partial charge in [0, 0.05) is 29.6 Å². The Morgan fingerprint density at radius 1 is 1.11 bits per heavy atom. The number of fused-ring (bicyclic) bond motifs is 2. The molecular formula is C28H27ClN4O2. The maximum absolute atomic E-state index is 12.4. The summed E-state index contributed by atoms with van der Waals surface area (Å²) in [5.41, 5.74) is 7.42. The minimum Gasteiger partial charge on any atom is -0.478 e. The summed E-state index contributed by atoms with van der Waals surface area (Å²) in [6.45, 7) is 8.66. The lowest BCUT2D eigenvalue weighted by Crippen LogP contribution is -2.31. The maximum atomic E-state index is 12.4. The van der Waals surface area contributed by atoms with Crippen molar-refractivity contribution in [3.63, 3.8) is 0 Å². The third-order valence-corrected chi connectivity index (χ3v) is 7.01. The first-order chi connectivity index (χ1) is 16.9. The predicted octanol–water partition coefficient (Wildman–Crippen LogP) is 5.82. The lowest BCUT2D eigenvalue weighted by atomic mass is 9.92. The standard InChI is InChI=1S/C28H27ClN4O2/c1-4-32-15-20(26-23(16-32)25(28(34)35)21-7-5-6-8-24(21)30-26)13-22-18(3)31-33(27(22)29)14-19-11-9-17(2)10-12-19/h5-13H,4,14-16H2,1-3H3,(H,34,35)/b20-13-. The fourth-order valence-corrected chi connectivity index (χ4v) is 5.01. The number of carboxylic acids is 1. The molecule has 1 aliphatic heterocycles. The van der Waals surface area contributed by atoms with Gasteiger partial charge in [0.15, 0.2) is 0 Å². The number of aromatic nitrogens is 3. The molecule has 0 unspecified atom stereocenters. The normalized spacial score (nSPS) is 15.0. The van der Waals surface area contributed by atoms with E-state index in [0.717, 1.165) is 40.2 Å². The van der Waals surface area contributed by atoms with Gasteiger partial charge in [-0.2, -0.15) is 5.10 Å². The summed E-state index contributed by atoms with van der Waals surface area (Å²) in [6, 6.07) is 15.8. The zero-order valence-corrected chi connectivity index (χ0v) is 20.8. The molecule has 1 N–H and O–H groups in total. The fraction of sp³-hybridized carbons (Fsp3) is 0.250. The van der Waals surface area contributed by atoms with E-state index in [1.807, 2.05) is 41.9 Å². The highest BCUT2D eigenvalue weighted by Crippen LogP contribution is 2.35. The molecule has 0 spiro atoms. The number of carbonyl (C=O) groups is 1. The molecule has 0 atom stereocenters. The van der Waals surface area contributed by atoms with E-state index in [1.165, 1.54) is 5.56 Å². The Bertz CT molecular complexity index is 1470. The number of nitrogens with zero attached hydrogens (tertiary/aromatic N) is 4. The van der Waals surface area contributed by atoms with E-state index in [2.05, 4.69) is 43.0 Å². The van der Waals surface area contributed by atoms with Crippen molar-refractivity contribution in [2.75, 3.05) is 13.1 Å². The topological polar surface area (TPSA) is 71.2 Å². The van der Waals surface area contributed by atoms with Gasteiger partial charge >= 0.3 is 5.97 Å². The molecule has 0 fully saturated rings. The minimum atomic E-state index is -0.933. The summed E-state index contributed by atoms with van der Waals surface area (Å²) in [5.74, 6) is -0.933. The van der Waals surface area contributed by atoms with Crippen LogP contribution in [0.25, 0.3) is 22.6 Å². The molecule has 7 heteroatoms. The van der Waals surface area contributed by atoms with Gasteiger partial charge in [0.05, 0.1) is 29.0 Å². The summed E-state index contributed by atoms with van der Waals surface area (Å²) >= 11 is 6.83. The molecule has 0 saturated heterocycles. The fourth-order valence-electron chi connectivity index (χ4n) is 4.72. The van der Waals surface area contributed by atoms with Crippen LogP contribution in [0.5, 0.6) is 0 Å². The highest BCUT2D eigenvalue weighted by molar-refractivity contribution is 6.31. The Labute approximate surface area is 209 Å². The van der Waals surface area contributed by atoms with Crippen LogP contribution in [0.1, 0.15) is 50.9 Å². The van der Waals surface area contributed by atoms with Crippen molar-refractivity contribution in [3.8, 4) is 0 Å². The zero-order valence-electron chi connectivity index (χ0n) is 20.0. The number of likely N-dealkylation sites (N-methyl/N-ethyl adjacent to an activating group) is 1. The van der Waals surface area contributed by atoms with Crippen molar-refractivity contribution in [1.82, 2.24) is 19.7 Å². The molecule has 4 aromatic rings. The number of pyridine rings is 1. The smallest absolute Gasteiger partial charge is 0.336 e. The van der Waals surface area contributed by atoms with E-state index in [9.17, 15) is 9.90 Å². The third-order valence-electron chi connectivity index (χ3n) is 6.62. The first kappa shape index (κ1) is 23.3. The molecule has 178 valence electrons. The number of rotatable bonds is 5. The van der Waals surface area contributed by atoms with Gasteiger partial charge in [0.25, 0.3) is 0 Å². The Morgan fingerprint density at radius 3 is 2.57 bits per heavy atom. The van der Waals surface area contributed by atoms with E-state index in [-0.39, 0.29) is 0 Å². The average Bonchev–Trinajstić information content (AvgIpc) is 3.10. The van der Waals surface area contributed by atoms with Crippen LogP contribution in [0.3, 0.4) is 0 Å². The molecular weight excluding hydrogens is 460 g/mol. The summed E-state index contributed by atoms with van der Waals surface area (Å²) in [6.07, 6.45) is 2.03. The van der Waals surface area contributed by atoms with Gasteiger partial charge in [-0.25, -0.2) is 14.5 Å². The van der Waals surface area contributed by atoms with Crippen LogP contribution in [0.15, 0.2) is 48.5 Å². The van der Waals surface area contributed by atoms with Crippen LogP contribution in [-0.2, 0) is 13.1 Å². The molecule has 2 aromatic heterocycles.